The third kappa shape index (κ3) is 16.0. The van der Waals surface area contributed by atoms with Gasteiger partial charge in [-0.1, -0.05) is 496 Å². The van der Waals surface area contributed by atoms with Crippen molar-refractivity contribution in [1.29, 1.82) is 0 Å². The van der Waals surface area contributed by atoms with Crippen LogP contribution < -0.4 is 0 Å². The molecule has 23 rings (SSSR count). The predicted octanol–water partition coefficient (Wildman–Crippen LogP) is 32.7. The van der Waals surface area contributed by atoms with Crippen LogP contribution in [0.3, 0.4) is 0 Å². The van der Waals surface area contributed by atoms with E-state index in [0.29, 0.717) is 52.4 Å². The Labute approximate surface area is 810 Å². The Kier molecular flexibility index (Phi) is 23.0. The normalized spacial score (nSPS) is 14.3. The smallest absolute Gasteiger partial charge is 0.164 e. The molecule has 9 heteroatoms. The summed E-state index contributed by atoms with van der Waals surface area (Å²) in [5.41, 5.74) is 36.7. The van der Waals surface area contributed by atoms with Crippen LogP contribution in [0.5, 0.6) is 0 Å². The maximum absolute atomic E-state index is 5.00. The number of benzene rings is 17. The molecule has 138 heavy (non-hydrogen) atoms. The molecule has 0 saturated carbocycles. The summed E-state index contributed by atoms with van der Waals surface area (Å²) in [4.78, 5) is 44.4. The molecule has 9 nitrogen and oxygen atoms in total. The first-order valence-corrected chi connectivity index (χ1v) is 47.8. The molecule has 3 heterocycles. The molecule has 0 amide bonds. The lowest BCUT2D eigenvalue weighted by atomic mass is 9.55. The van der Waals surface area contributed by atoms with Gasteiger partial charge in [0.05, 0.1) is 0 Å². The molecule has 0 bridgehead atoms. The molecule has 0 aliphatic heterocycles. The van der Waals surface area contributed by atoms with Crippen molar-refractivity contribution >= 4 is 0 Å². The number of rotatable bonds is 14. The van der Waals surface area contributed by atoms with Crippen LogP contribution in [0.4, 0.5) is 0 Å². The third-order valence-electron chi connectivity index (χ3n) is 30.4. The van der Waals surface area contributed by atoms with Gasteiger partial charge in [0.15, 0.2) is 52.4 Å². The molecule has 0 saturated heterocycles. The fourth-order valence-electron chi connectivity index (χ4n) is 20.7. The van der Waals surface area contributed by atoms with Crippen LogP contribution in [0.25, 0.3) is 192 Å². The van der Waals surface area contributed by atoms with E-state index in [2.05, 4.69) is 332 Å². The van der Waals surface area contributed by atoms with Crippen molar-refractivity contribution in [2.24, 2.45) is 0 Å². The van der Waals surface area contributed by atoms with Gasteiger partial charge < -0.3 is 0 Å². The van der Waals surface area contributed by atoms with Gasteiger partial charge in [-0.15, -0.1) is 0 Å². The molecule has 0 spiro atoms. The first-order chi connectivity index (χ1) is 67.0. The summed E-state index contributed by atoms with van der Waals surface area (Å²) in [6, 6.07) is 152. The van der Waals surface area contributed by atoms with Crippen LogP contribution in [0.2, 0.25) is 0 Å². The molecule has 668 valence electrons. The monoisotopic (exact) mass is 1780 g/mol. The highest BCUT2D eigenvalue weighted by atomic mass is 15.1. The number of nitrogens with zero attached hydrogens (tertiary/aromatic N) is 9. The fraction of sp³-hybridized carbons (Fsp3) is 0.140. The first kappa shape index (κ1) is 88.4. The zero-order valence-corrected chi connectivity index (χ0v) is 80.0. The highest BCUT2D eigenvalue weighted by molar-refractivity contribution is 5.98. The molecule has 3 aliphatic carbocycles. The van der Waals surface area contributed by atoms with E-state index in [-0.39, 0.29) is 32.5 Å². The zero-order chi connectivity index (χ0) is 94.7. The summed E-state index contributed by atoms with van der Waals surface area (Å²) < 4.78 is 0. The Bertz CT molecular complexity index is 7790. The second-order valence-corrected chi connectivity index (χ2v) is 39.5. The molecule has 0 fully saturated rings. The standard InChI is InChI=1S/2C45H37N3.C39H33N3/c1-44(2)38-27-14-13-25-37(38)40-36(26-16-28-39(40)45(44,3)4)35-24-12-11-23-34(35)32-21-15-22-33(29-32)43-47-41(30-17-7-5-8-18-30)46-42(48-43)31-19-9-6-10-20-31;1-44(2)38-24-14-13-22-37(38)40-36(23-15-25-39(40)45(44,3)4)35-21-12-11-20-34(35)30-26-28-33(29-27-30)43-47-41(31-16-7-5-8-17-31)46-42(48-43)32-18-9-6-10-19-32;1-38(2)33-21-12-11-20-31(33)32-25-29(22-23-34(32)39(38,3)4)28-18-13-19-30(24-28)37-41-35(26-14-7-5-8-15-26)40-36(42-37)27-16-9-6-10-17-27/h2*5-29H,1-4H3;5-25H,1-4H3. The van der Waals surface area contributed by atoms with Crippen molar-refractivity contribution < 1.29 is 0 Å². The van der Waals surface area contributed by atoms with Gasteiger partial charge in [0.25, 0.3) is 0 Å². The molecule has 17 aromatic carbocycles. The van der Waals surface area contributed by atoms with Gasteiger partial charge in [0, 0.05) is 50.1 Å². The Morgan fingerprint density at radius 3 is 0.659 bits per heavy atom. The topological polar surface area (TPSA) is 116 Å². The minimum Gasteiger partial charge on any atom is -0.208 e. The number of aromatic nitrogens is 9. The summed E-state index contributed by atoms with van der Waals surface area (Å²) >= 11 is 0. The molecular weight excluding hydrogens is 1680 g/mol. The lowest BCUT2D eigenvalue weighted by molar-refractivity contribution is 0.299. The Morgan fingerprint density at radius 1 is 0.116 bits per heavy atom. The molecule has 0 N–H and O–H groups in total. The quantitative estimate of drug-likeness (QED) is 0.105. The van der Waals surface area contributed by atoms with Crippen molar-refractivity contribution in [3.05, 3.63) is 464 Å². The lowest BCUT2D eigenvalue weighted by Crippen LogP contribution is -2.43. The second kappa shape index (κ2) is 35.9. The van der Waals surface area contributed by atoms with E-state index >= 15 is 0 Å². The highest BCUT2D eigenvalue weighted by Crippen LogP contribution is 2.60. The number of hydrogen-bond donors (Lipinski definition) is 0. The van der Waals surface area contributed by atoms with Crippen LogP contribution in [-0.4, -0.2) is 44.9 Å². The molecule has 0 radical (unpaired) electrons. The van der Waals surface area contributed by atoms with Crippen molar-refractivity contribution in [3.8, 4) is 192 Å². The summed E-state index contributed by atoms with van der Waals surface area (Å²) in [5.74, 6) is 5.94. The van der Waals surface area contributed by atoms with Crippen LogP contribution in [0.1, 0.15) is 116 Å². The van der Waals surface area contributed by atoms with E-state index in [4.69, 9.17) is 44.9 Å². The van der Waals surface area contributed by atoms with E-state index in [1.54, 1.807) is 0 Å². The minimum absolute atomic E-state index is 0.0103. The zero-order valence-electron chi connectivity index (χ0n) is 80.0. The van der Waals surface area contributed by atoms with E-state index in [0.717, 1.165) is 66.8 Å². The van der Waals surface area contributed by atoms with Crippen LogP contribution in [0.15, 0.2) is 431 Å². The van der Waals surface area contributed by atoms with Crippen LogP contribution in [-0.2, 0) is 32.5 Å². The maximum atomic E-state index is 5.00. The van der Waals surface area contributed by atoms with Crippen LogP contribution in [0, 0.1) is 0 Å². The molecule has 3 aromatic heterocycles. The van der Waals surface area contributed by atoms with Gasteiger partial charge in [-0.3, -0.25) is 0 Å². The average molecular weight is 1780 g/mol. The maximum Gasteiger partial charge on any atom is 0.164 e. The summed E-state index contributed by atoms with van der Waals surface area (Å²) in [7, 11) is 0. The van der Waals surface area contributed by atoms with Crippen molar-refractivity contribution in [2.45, 2.75) is 116 Å². The van der Waals surface area contributed by atoms with Gasteiger partial charge >= 0.3 is 0 Å². The number of hydrogen-bond acceptors (Lipinski definition) is 9. The third-order valence-corrected chi connectivity index (χ3v) is 30.4. The van der Waals surface area contributed by atoms with Gasteiger partial charge in [-0.05, 0) is 173 Å². The fourth-order valence-corrected chi connectivity index (χ4v) is 20.7. The predicted molar refractivity (Wildman–Crippen MR) is 570 cm³/mol. The van der Waals surface area contributed by atoms with Gasteiger partial charge in [-0.25, -0.2) is 44.9 Å². The average Bonchev–Trinajstić information content (AvgIpc) is 0.713. The number of fused-ring (bicyclic) bond motifs is 9. The Hall–Kier alpha value is -16.2. The van der Waals surface area contributed by atoms with E-state index in [1.807, 2.05) is 182 Å². The minimum atomic E-state index is -0.0623. The van der Waals surface area contributed by atoms with Gasteiger partial charge in [-0.2, -0.15) is 0 Å². The summed E-state index contributed by atoms with van der Waals surface area (Å²) in [5, 5.41) is 0. The van der Waals surface area contributed by atoms with Crippen molar-refractivity contribution in [3.63, 3.8) is 0 Å². The molecule has 0 unspecified atom stereocenters. The van der Waals surface area contributed by atoms with E-state index in [1.165, 1.54) is 106 Å². The van der Waals surface area contributed by atoms with E-state index < -0.39 is 0 Å². The SMILES string of the molecule is CC1(C)c2ccccc2-c2c(-c3ccccc3-c3ccc(-c4nc(-c5ccccc5)nc(-c5ccccc5)n4)cc3)cccc2C1(C)C.CC1(C)c2ccccc2-c2c(-c3ccccc3-c3cccc(-c4nc(-c5ccccc5)nc(-c5ccccc5)n4)c3)cccc2C1(C)C.CC1(C)c2ccccc2-c2cc(-c3cccc(-c4nc(-c5ccccc5)nc(-c5ccccc5)n4)c3)ccc2C1(C)C. The van der Waals surface area contributed by atoms with Crippen molar-refractivity contribution in [1.82, 2.24) is 44.9 Å². The molecule has 20 aromatic rings. The first-order valence-electron chi connectivity index (χ1n) is 47.8. The van der Waals surface area contributed by atoms with Gasteiger partial charge in [0.1, 0.15) is 0 Å². The Morgan fingerprint density at radius 2 is 0.312 bits per heavy atom. The largest absolute Gasteiger partial charge is 0.208 e. The lowest BCUT2D eigenvalue weighted by Gasteiger charge is -2.48. The summed E-state index contributed by atoms with van der Waals surface area (Å²) in [6.45, 7) is 28.6. The molecule has 3 aliphatic rings. The van der Waals surface area contributed by atoms with E-state index in [9.17, 15) is 0 Å². The van der Waals surface area contributed by atoms with Crippen LogP contribution >= 0.6 is 0 Å². The van der Waals surface area contributed by atoms with Gasteiger partial charge in [0.2, 0.25) is 0 Å². The summed E-state index contributed by atoms with van der Waals surface area (Å²) in [6.07, 6.45) is 0. The second-order valence-electron chi connectivity index (χ2n) is 39.5. The highest BCUT2D eigenvalue weighted by Gasteiger charge is 2.49. The molecular formula is C129H107N9. The molecule has 0 atom stereocenters. The Balaban J connectivity index is 0.000000124. The van der Waals surface area contributed by atoms with Crippen molar-refractivity contribution in [2.75, 3.05) is 0 Å².